The third-order valence-corrected chi connectivity index (χ3v) is 5.78. The summed E-state index contributed by atoms with van der Waals surface area (Å²) in [6, 6.07) is 2.82. The van der Waals surface area contributed by atoms with Gasteiger partial charge in [0, 0.05) is 35.4 Å². The summed E-state index contributed by atoms with van der Waals surface area (Å²) in [4.78, 5) is 5.57. The van der Waals surface area contributed by atoms with Crippen molar-refractivity contribution in [3.05, 3.63) is 21.4 Å². The van der Waals surface area contributed by atoms with Crippen LogP contribution in [-0.4, -0.2) is 24.0 Å². The second kappa shape index (κ2) is 6.13. The van der Waals surface area contributed by atoms with Crippen LogP contribution in [0.15, 0.2) is 6.07 Å². The summed E-state index contributed by atoms with van der Waals surface area (Å²) in [6.07, 6.45) is 3.98. The lowest BCUT2D eigenvalue weighted by atomic mass is 9.78. The molecule has 2 fully saturated rings. The Morgan fingerprint density at radius 1 is 1.32 bits per heavy atom. The van der Waals surface area contributed by atoms with E-state index in [2.05, 4.69) is 24.8 Å². The van der Waals surface area contributed by atoms with Crippen molar-refractivity contribution >= 4 is 23.7 Å². The molecule has 108 valence electrons. The Bertz CT molecular complexity index is 432. The fourth-order valence-corrected chi connectivity index (χ4v) is 4.76. The molecule has 1 saturated carbocycles. The fraction of sp³-hybridized carbons (Fsp3) is 0.733. The lowest BCUT2D eigenvalue weighted by Crippen LogP contribution is -2.38. The minimum absolute atomic E-state index is 0. The monoisotopic (exact) mass is 300 g/mol. The zero-order valence-electron chi connectivity index (χ0n) is 11.9. The predicted molar refractivity (Wildman–Crippen MR) is 85.1 cm³/mol. The molecule has 2 N–H and O–H groups in total. The van der Waals surface area contributed by atoms with Gasteiger partial charge in [-0.15, -0.1) is 23.7 Å². The van der Waals surface area contributed by atoms with Gasteiger partial charge in [-0.2, -0.15) is 0 Å². The molecule has 1 saturated heterocycles. The predicted octanol–water partition coefficient (Wildman–Crippen LogP) is 3.35. The summed E-state index contributed by atoms with van der Waals surface area (Å²) < 4.78 is 0. The Labute approximate surface area is 126 Å². The Kier molecular flexibility index (Phi) is 4.93. The highest BCUT2D eigenvalue weighted by atomic mass is 35.5. The Morgan fingerprint density at radius 2 is 2.11 bits per heavy atom. The van der Waals surface area contributed by atoms with Gasteiger partial charge in [0.25, 0.3) is 0 Å². The SMILES string of the molecule is Cc1cc(CN2CC3CCCC(N)C3C2)c(C)s1.Cl. The van der Waals surface area contributed by atoms with E-state index in [1.165, 1.54) is 47.7 Å². The molecule has 1 aliphatic heterocycles. The second-order valence-corrected chi connectivity index (χ2v) is 7.61. The standard InChI is InChI=1S/C15H24N2S.ClH/c1-10-6-13(11(2)18-10)8-17-7-12-4-3-5-15(16)14(12)9-17;/h6,12,14-15H,3-5,7-9,16H2,1-2H3;1H. The van der Waals surface area contributed by atoms with Crippen LogP contribution in [0.3, 0.4) is 0 Å². The second-order valence-electron chi connectivity index (χ2n) is 6.15. The summed E-state index contributed by atoms with van der Waals surface area (Å²) in [5, 5.41) is 0. The van der Waals surface area contributed by atoms with E-state index in [4.69, 9.17) is 5.73 Å². The minimum atomic E-state index is 0. The Balaban J connectivity index is 0.00000133. The third kappa shape index (κ3) is 3.15. The van der Waals surface area contributed by atoms with Crippen LogP contribution in [0.5, 0.6) is 0 Å². The fourth-order valence-electron chi connectivity index (χ4n) is 3.82. The Hall–Kier alpha value is -0.0900. The summed E-state index contributed by atoms with van der Waals surface area (Å²) >= 11 is 1.93. The molecule has 0 radical (unpaired) electrons. The summed E-state index contributed by atoms with van der Waals surface area (Å²) in [6.45, 7) is 8.09. The van der Waals surface area contributed by atoms with Crippen LogP contribution < -0.4 is 5.73 Å². The number of hydrogen-bond donors (Lipinski definition) is 1. The lowest BCUT2D eigenvalue weighted by molar-refractivity contribution is 0.259. The van der Waals surface area contributed by atoms with Gasteiger partial charge >= 0.3 is 0 Å². The van der Waals surface area contributed by atoms with Crippen LogP contribution in [0, 0.1) is 25.7 Å². The zero-order valence-corrected chi connectivity index (χ0v) is 13.5. The summed E-state index contributed by atoms with van der Waals surface area (Å²) in [5.74, 6) is 1.63. The van der Waals surface area contributed by atoms with Crippen LogP contribution >= 0.6 is 23.7 Å². The van der Waals surface area contributed by atoms with Crippen molar-refractivity contribution in [2.75, 3.05) is 13.1 Å². The zero-order chi connectivity index (χ0) is 12.7. The van der Waals surface area contributed by atoms with E-state index in [0.717, 1.165) is 18.4 Å². The van der Waals surface area contributed by atoms with Gasteiger partial charge in [0.15, 0.2) is 0 Å². The molecule has 3 atom stereocenters. The van der Waals surface area contributed by atoms with Gasteiger partial charge in [-0.25, -0.2) is 0 Å². The van der Waals surface area contributed by atoms with Crippen LogP contribution in [-0.2, 0) is 6.54 Å². The lowest BCUT2D eigenvalue weighted by Gasteiger charge is -2.29. The van der Waals surface area contributed by atoms with Crippen molar-refractivity contribution in [1.82, 2.24) is 4.90 Å². The molecule has 0 amide bonds. The first-order valence-corrected chi connectivity index (χ1v) is 7.99. The summed E-state index contributed by atoms with van der Waals surface area (Å²) in [5.41, 5.74) is 7.82. The highest BCUT2D eigenvalue weighted by Gasteiger charge is 2.38. The first kappa shape index (κ1) is 15.3. The van der Waals surface area contributed by atoms with E-state index >= 15 is 0 Å². The van der Waals surface area contributed by atoms with Crippen molar-refractivity contribution in [3.63, 3.8) is 0 Å². The molecule has 1 aromatic heterocycles. The molecule has 2 heterocycles. The van der Waals surface area contributed by atoms with Crippen LogP contribution in [0.4, 0.5) is 0 Å². The van der Waals surface area contributed by atoms with Gasteiger partial charge in [-0.05, 0) is 50.2 Å². The van der Waals surface area contributed by atoms with Crippen LogP contribution in [0.25, 0.3) is 0 Å². The molecule has 3 rings (SSSR count). The van der Waals surface area contributed by atoms with Gasteiger partial charge < -0.3 is 5.73 Å². The number of thiophene rings is 1. The molecule has 19 heavy (non-hydrogen) atoms. The van der Waals surface area contributed by atoms with Gasteiger partial charge in [0.2, 0.25) is 0 Å². The molecule has 2 aliphatic rings. The first-order valence-electron chi connectivity index (χ1n) is 7.17. The van der Waals surface area contributed by atoms with E-state index in [1.54, 1.807) is 0 Å². The number of nitrogens with two attached hydrogens (primary N) is 1. The van der Waals surface area contributed by atoms with Gasteiger partial charge in [0.1, 0.15) is 0 Å². The molecule has 0 bridgehead atoms. The van der Waals surface area contributed by atoms with Crippen molar-refractivity contribution in [1.29, 1.82) is 0 Å². The van der Waals surface area contributed by atoms with Crippen molar-refractivity contribution < 1.29 is 0 Å². The van der Waals surface area contributed by atoms with Crippen LogP contribution in [0.2, 0.25) is 0 Å². The molecule has 4 heteroatoms. The number of halogens is 1. The molecule has 1 aromatic rings. The van der Waals surface area contributed by atoms with E-state index in [0.29, 0.717) is 6.04 Å². The molecule has 2 nitrogen and oxygen atoms in total. The maximum absolute atomic E-state index is 6.28. The number of hydrogen-bond acceptors (Lipinski definition) is 3. The van der Waals surface area contributed by atoms with Crippen molar-refractivity contribution in [3.8, 4) is 0 Å². The highest BCUT2D eigenvalue weighted by Crippen LogP contribution is 2.36. The quantitative estimate of drug-likeness (QED) is 0.907. The maximum Gasteiger partial charge on any atom is 0.0245 e. The number of rotatable bonds is 2. The highest BCUT2D eigenvalue weighted by molar-refractivity contribution is 7.12. The number of nitrogens with zero attached hydrogens (tertiary/aromatic N) is 1. The maximum atomic E-state index is 6.28. The Morgan fingerprint density at radius 3 is 2.74 bits per heavy atom. The van der Waals surface area contributed by atoms with Gasteiger partial charge in [-0.1, -0.05) is 6.42 Å². The van der Waals surface area contributed by atoms with Gasteiger partial charge in [-0.3, -0.25) is 4.90 Å². The van der Waals surface area contributed by atoms with E-state index in [-0.39, 0.29) is 12.4 Å². The topological polar surface area (TPSA) is 29.3 Å². The molecular formula is C15H25ClN2S. The molecule has 1 aliphatic carbocycles. The van der Waals surface area contributed by atoms with Crippen molar-refractivity contribution in [2.24, 2.45) is 17.6 Å². The van der Waals surface area contributed by atoms with Gasteiger partial charge in [0.05, 0.1) is 0 Å². The number of likely N-dealkylation sites (tertiary alicyclic amines) is 1. The average Bonchev–Trinajstić information content (AvgIpc) is 2.84. The van der Waals surface area contributed by atoms with Crippen LogP contribution in [0.1, 0.15) is 34.6 Å². The molecule has 0 aromatic carbocycles. The largest absolute Gasteiger partial charge is 0.327 e. The average molecular weight is 301 g/mol. The van der Waals surface area contributed by atoms with E-state index < -0.39 is 0 Å². The third-order valence-electron chi connectivity index (χ3n) is 4.77. The van der Waals surface area contributed by atoms with E-state index in [1.807, 2.05) is 11.3 Å². The summed E-state index contributed by atoms with van der Waals surface area (Å²) in [7, 11) is 0. The van der Waals surface area contributed by atoms with E-state index in [9.17, 15) is 0 Å². The normalized spacial score (nSPS) is 31.0. The number of aryl methyl sites for hydroxylation is 2. The molecule has 3 unspecified atom stereocenters. The molecular weight excluding hydrogens is 276 g/mol. The van der Waals surface area contributed by atoms with Crippen molar-refractivity contribution in [2.45, 2.75) is 45.7 Å². The number of fused-ring (bicyclic) bond motifs is 1. The minimum Gasteiger partial charge on any atom is -0.327 e. The first-order chi connectivity index (χ1) is 8.63. The smallest absolute Gasteiger partial charge is 0.0245 e. The molecule has 0 spiro atoms.